The van der Waals surface area contributed by atoms with Crippen molar-refractivity contribution in [1.29, 1.82) is 0 Å². The van der Waals surface area contributed by atoms with Crippen molar-refractivity contribution >= 4 is 28.3 Å². The van der Waals surface area contributed by atoms with Gasteiger partial charge < -0.3 is 15.8 Å². The number of sulfonamides is 1. The monoisotopic (exact) mass is 405 g/mol. The van der Waals surface area contributed by atoms with Crippen molar-refractivity contribution in [2.75, 3.05) is 26.7 Å². The van der Waals surface area contributed by atoms with E-state index in [0.717, 1.165) is 6.42 Å². The van der Waals surface area contributed by atoms with E-state index in [1.807, 2.05) is 6.92 Å². The van der Waals surface area contributed by atoms with Crippen LogP contribution < -0.4 is 15.8 Å². The summed E-state index contributed by atoms with van der Waals surface area (Å²) in [7, 11) is -2.09. The maximum atomic E-state index is 12.9. The van der Waals surface area contributed by atoms with Gasteiger partial charge in [0.15, 0.2) is 0 Å². The lowest BCUT2D eigenvalue weighted by atomic mass is 9.90. The second-order valence-electron chi connectivity index (χ2n) is 6.71. The van der Waals surface area contributed by atoms with Crippen molar-refractivity contribution in [3.8, 4) is 5.75 Å². The highest BCUT2D eigenvalue weighted by molar-refractivity contribution is 7.89. The molecule has 0 bridgehead atoms. The summed E-state index contributed by atoms with van der Waals surface area (Å²) in [4.78, 5) is 11.7. The highest BCUT2D eigenvalue weighted by atomic mass is 35.5. The minimum absolute atomic E-state index is 0. The molecule has 0 saturated carbocycles. The zero-order valence-corrected chi connectivity index (χ0v) is 17.1. The molecule has 1 aromatic carbocycles. The molecule has 1 aliphatic rings. The standard InChI is InChI=1S/C17H27N3O4S.ClH/c1-4-16(21)19-10-13-9-14(5-6-15(13)24-3)25(22,23)20-8-7-17(2,11-18)12-20;/h5-6,9H,4,7-8,10-12,18H2,1-3H3,(H,19,21);1H. The molecule has 1 heterocycles. The molecule has 1 aliphatic heterocycles. The Bertz CT molecular complexity index is 742. The summed E-state index contributed by atoms with van der Waals surface area (Å²) in [5, 5.41) is 2.75. The lowest BCUT2D eigenvalue weighted by molar-refractivity contribution is -0.120. The van der Waals surface area contributed by atoms with Crippen LogP contribution in [0.5, 0.6) is 5.75 Å². The molecule has 26 heavy (non-hydrogen) atoms. The molecule has 7 nitrogen and oxygen atoms in total. The largest absolute Gasteiger partial charge is 0.496 e. The van der Waals surface area contributed by atoms with E-state index in [4.69, 9.17) is 10.5 Å². The summed E-state index contributed by atoms with van der Waals surface area (Å²) in [6.45, 7) is 5.32. The first-order valence-corrected chi connectivity index (χ1v) is 9.83. The minimum Gasteiger partial charge on any atom is -0.496 e. The molecular formula is C17H28ClN3O4S. The summed E-state index contributed by atoms with van der Waals surface area (Å²) < 4.78 is 32.6. The van der Waals surface area contributed by atoms with Crippen LogP contribution in [0.4, 0.5) is 0 Å². The number of hydrogen-bond donors (Lipinski definition) is 2. The highest BCUT2D eigenvalue weighted by Crippen LogP contribution is 2.33. The third kappa shape index (κ3) is 4.88. The zero-order chi connectivity index (χ0) is 18.7. The van der Waals surface area contributed by atoms with Crippen LogP contribution in [-0.2, 0) is 21.4 Å². The molecule has 0 radical (unpaired) electrons. The fourth-order valence-corrected chi connectivity index (χ4v) is 4.51. The van der Waals surface area contributed by atoms with Gasteiger partial charge >= 0.3 is 0 Å². The van der Waals surface area contributed by atoms with Gasteiger partial charge in [0, 0.05) is 31.6 Å². The normalized spacial score (nSPS) is 20.5. The molecule has 0 spiro atoms. The maximum absolute atomic E-state index is 12.9. The molecule has 1 fully saturated rings. The van der Waals surface area contributed by atoms with E-state index in [1.54, 1.807) is 19.1 Å². The van der Waals surface area contributed by atoms with E-state index in [0.29, 0.717) is 37.4 Å². The molecule has 1 saturated heterocycles. The molecule has 0 aliphatic carbocycles. The number of carbonyl (C=O) groups is 1. The number of nitrogens with two attached hydrogens (primary N) is 1. The quantitative estimate of drug-likeness (QED) is 0.715. The average Bonchev–Trinajstić information content (AvgIpc) is 3.03. The van der Waals surface area contributed by atoms with Crippen LogP contribution in [0.15, 0.2) is 23.1 Å². The lowest BCUT2D eigenvalue weighted by Gasteiger charge is -2.22. The van der Waals surface area contributed by atoms with Gasteiger partial charge in [0.2, 0.25) is 15.9 Å². The first kappa shape index (κ1) is 22.7. The third-order valence-corrected chi connectivity index (χ3v) is 6.54. The average molecular weight is 406 g/mol. The highest BCUT2D eigenvalue weighted by Gasteiger charge is 2.39. The van der Waals surface area contributed by atoms with Crippen molar-refractivity contribution in [1.82, 2.24) is 9.62 Å². The van der Waals surface area contributed by atoms with E-state index in [2.05, 4.69) is 5.32 Å². The van der Waals surface area contributed by atoms with Crippen LogP contribution in [0.3, 0.4) is 0 Å². The van der Waals surface area contributed by atoms with Crippen LogP contribution in [0, 0.1) is 5.41 Å². The molecule has 2 rings (SSSR count). The van der Waals surface area contributed by atoms with Crippen molar-refractivity contribution in [3.63, 3.8) is 0 Å². The third-order valence-electron chi connectivity index (χ3n) is 4.70. The van der Waals surface area contributed by atoms with Gasteiger partial charge in [-0.25, -0.2) is 8.42 Å². The van der Waals surface area contributed by atoms with E-state index >= 15 is 0 Å². The summed E-state index contributed by atoms with van der Waals surface area (Å²) in [6.07, 6.45) is 1.12. The first-order chi connectivity index (χ1) is 11.8. The van der Waals surface area contributed by atoms with Gasteiger partial charge in [-0.15, -0.1) is 12.4 Å². The Morgan fingerprint density at radius 3 is 2.65 bits per heavy atom. The predicted octanol–water partition coefficient (Wildman–Crippen LogP) is 1.50. The van der Waals surface area contributed by atoms with Crippen LogP contribution in [0.25, 0.3) is 0 Å². The molecule has 1 aromatic rings. The number of amides is 1. The Labute approximate surface area is 161 Å². The molecule has 3 N–H and O–H groups in total. The molecule has 0 aromatic heterocycles. The SMILES string of the molecule is CCC(=O)NCc1cc(S(=O)(=O)N2CCC(C)(CN)C2)ccc1OC.Cl. The number of hydrogen-bond acceptors (Lipinski definition) is 5. The Morgan fingerprint density at radius 2 is 2.12 bits per heavy atom. The number of halogens is 1. The van der Waals surface area contributed by atoms with Gasteiger partial charge in [-0.2, -0.15) is 4.31 Å². The molecule has 148 valence electrons. The van der Waals surface area contributed by atoms with Crippen molar-refractivity contribution in [3.05, 3.63) is 23.8 Å². The smallest absolute Gasteiger partial charge is 0.243 e. The van der Waals surface area contributed by atoms with Gasteiger partial charge in [0.1, 0.15) is 5.75 Å². The topological polar surface area (TPSA) is 102 Å². The first-order valence-electron chi connectivity index (χ1n) is 8.39. The molecular weight excluding hydrogens is 378 g/mol. The second kappa shape index (κ2) is 9.03. The summed E-state index contributed by atoms with van der Waals surface area (Å²) in [5.41, 5.74) is 6.22. The van der Waals surface area contributed by atoms with Crippen molar-refractivity contribution in [2.45, 2.75) is 38.1 Å². The molecule has 1 amide bonds. The van der Waals surface area contributed by atoms with Gasteiger partial charge in [0.05, 0.1) is 12.0 Å². The van der Waals surface area contributed by atoms with E-state index in [-0.39, 0.29) is 35.2 Å². The summed E-state index contributed by atoms with van der Waals surface area (Å²) >= 11 is 0. The predicted molar refractivity (Wildman–Crippen MR) is 103 cm³/mol. The number of benzene rings is 1. The molecule has 9 heteroatoms. The van der Waals surface area contributed by atoms with Gasteiger partial charge in [0.25, 0.3) is 0 Å². The minimum atomic E-state index is -3.60. The van der Waals surface area contributed by atoms with Crippen LogP contribution >= 0.6 is 12.4 Å². The Kier molecular flexibility index (Phi) is 7.88. The Hall–Kier alpha value is -1.35. The number of rotatable bonds is 7. The van der Waals surface area contributed by atoms with Crippen molar-refractivity contribution in [2.24, 2.45) is 11.1 Å². The van der Waals surface area contributed by atoms with Gasteiger partial charge in [-0.3, -0.25) is 4.79 Å². The van der Waals surface area contributed by atoms with Crippen LogP contribution in [-0.4, -0.2) is 45.4 Å². The zero-order valence-electron chi connectivity index (χ0n) is 15.4. The summed E-state index contributed by atoms with van der Waals surface area (Å²) in [6, 6.07) is 4.73. The van der Waals surface area contributed by atoms with Gasteiger partial charge in [-0.1, -0.05) is 13.8 Å². The van der Waals surface area contributed by atoms with Gasteiger partial charge in [-0.05, 0) is 36.6 Å². The number of ether oxygens (including phenoxy) is 1. The number of nitrogens with zero attached hydrogens (tertiary/aromatic N) is 1. The second-order valence-corrected chi connectivity index (χ2v) is 8.65. The fraction of sp³-hybridized carbons (Fsp3) is 0.588. The fourth-order valence-electron chi connectivity index (χ4n) is 2.87. The van der Waals surface area contributed by atoms with E-state index < -0.39 is 10.0 Å². The number of nitrogens with one attached hydrogen (secondary N) is 1. The summed E-state index contributed by atoms with van der Waals surface area (Å²) in [5.74, 6) is 0.442. The van der Waals surface area contributed by atoms with Crippen LogP contribution in [0.2, 0.25) is 0 Å². The maximum Gasteiger partial charge on any atom is 0.243 e. The van der Waals surface area contributed by atoms with Crippen molar-refractivity contribution < 1.29 is 17.9 Å². The van der Waals surface area contributed by atoms with Crippen LogP contribution in [0.1, 0.15) is 32.3 Å². The molecule has 1 unspecified atom stereocenters. The Balaban J connectivity index is 0.00000338. The van der Waals surface area contributed by atoms with E-state index in [1.165, 1.54) is 17.5 Å². The lowest BCUT2D eigenvalue weighted by Crippen LogP contribution is -2.34. The molecule has 1 atom stereocenters. The number of carbonyl (C=O) groups excluding carboxylic acids is 1. The van der Waals surface area contributed by atoms with E-state index in [9.17, 15) is 13.2 Å². The Morgan fingerprint density at radius 1 is 1.42 bits per heavy atom. The number of methoxy groups -OCH3 is 1.